The van der Waals surface area contributed by atoms with Gasteiger partial charge in [-0.15, -0.1) is 0 Å². The molecule has 20 heavy (non-hydrogen) atoms. The van der Waals surface area contributed by atoms with E-state index in [1.807, 2.05) is 6.92 Å². The third kappa shape index (κ3) is 2.29. The Bertz CT molecular complexity index is 366. The predicted octanol–water partition coefficient (Wildman–Crippen LogP) is 5.10. The van der Waals surface area contributed by atoms with Crippen LogP contribution in [0, 0.1) is 16.7 Å². The van der Waals surface area contributed by atoms with E-state index in [4.69, 9.17) is 4.74 Å². The molecule has 1 spiro atoms. The van der Waals surface area contributed by atoms with Crippen LogP contribution in [0.5, 0.6) is 0 Å². The van der Waals surface area contributed by atoms with Gasteiger partial charge in [-0.1, -0.05) is 47.0 Å². The van der Waals surface area contributed by atoms with Crippen LogP contribution in [0.25, 0.3) is 0 Å². The van der Waals surface area contributed by atoms with Crippen LogP contribution in [0.4, 0.5) is 0 Å². The first-order chi connectivity index (χ1) is 9.28. The van der Waals surface area contributed by atoms with Crippen LogP contribution in [-0.2, 0) is 9.53 Å². The Hall–Kier alpha value is -0.530. The van der Waals surface area contributed by atoms with Gasteiger partial charge in [-0.3, -0.25) is 4.79 Å². The van der Waals surface area contributed by atoms with Crippen molar-refractivity contribution in [3.8, 4) is 0 Å². The molecule has 2 saturated carbocycles. The monoisotopic (exact) mass is 280 g/mol. The van der Waals surface area contributed by atoms with Gasteiger partial charge in [0.15, 0.2) is 0 Å². The Balaban J connectivity index is 2.31. The number of ether oxygens (including phenoxy) is 1. The lowest BCUT2D eigenvalue weighted by Crippen LogP contribution is -2.60. The van der Waals surface area contributed by atoms with Crippen molar-refractivity contribution in [2.45, 2.75) is 91.6 Å². The first-order valence-electron chi connectivity index (χ1n) is 8.51. The van der Waals surface area contributed by atoms with Crippen LogP contribution >= 0.6 is 0 Å². The van der Waals surface area contributed by atoms with E-state index in [0.717, 1.165) is 6.42 Å². The molecule has 0 heterocycles. The number of rotatable bonds is 3. The molecular formula is C18H32O2. The zero-order valence-electron chi connectivity index (χ0n) is 14.1. The summed E-state index contributed by atoms with van der Waals surface area (Å²) in [6, 6.07) is 0. The lowest BCUT2D eigenvalue weighted by molar-refractivity contribution is -0.218. The van der Waals surface area contributed by atoms with Gasteiger partial charge in [-0.2, -0.15) is 0 Å². The Morgan fingerprint density at radius 1 is 1.05 bits per heavy atom. The van der Waals surface area contributed by atoms with Crippen LogP contribution < -0.4 is 0 Å². The van der Waals surface area contributed by atoms with Gasteiger partial charge in [0.2, 0.25) is 0 Å². The van der Waals surface area contributed by atoms with Crippen LogP contribution in [-0.4, -0.2) is 11.6 Å². The molecular weight excluding hydrogens is 248 g/mol. The van der Waals surface area contributed by atoms with Gasteiger partial charge >= 0.3 is 5.97 Å². The van der Waals surface area contributed by atoms with E-state index in [0.29, 0.717) is 0 Å². The number of esters is 1. The molecule has 0 amide bonds. The first kappa shape index (κ1) is 15.9. The van der Waals surface area contributed by atoms with Gasteiger partial charge in [-0.25, -0.2) is 0 Å². The Morgan fingerprint density at radius 2 is 1.60 bits per heavy atom. The molecule has 0 aromatic heterocycles. The predicted molar refractivity (Wildman–Crippen MR) is 82.5 cm³/mol. The highest BCUT2D eigenvalue weighted by atomic mass is 16.6. The Kier molecular flexibility index (Phi) is 4.24. The minimum absolute atomic E-state index is 0.0104. The molecule has 0 bridgehead atoms. The molecule has 0 saturated heterocycles. The van der Waals surface area contributed by atoms with Gasteiger partial charge in [0.05, 0.1) is 5.92 Å². The normalized spacial score (nSPS) is 33.0. The van der Waals surface area contributed by atoms with Gasteiger partial charge < -0.3 is 4.74 Å². The van der Waals surface area contributed by atoms with Crippen molar-refractivity contribution in [1.29, 1.82) is 0 Å². The summed E-state index contributed by atoms with van der Waals surface area (Å²) in [5, 5.41) is 0. The number of carbonyl (C=O) groups excluding carboxylic acids is 1. The molecule has 2 atom stereocenters. The minimum Gasteiger partial charge on any atom is -0.458 e. The topological polar surface area (TPSA) is 26.3 Å². The third-order valence-corrected chi connectivity index (χ3v) is 6.64. The summed E-state index contributed by atoms with van der Waals surface area (Å²) in [6.45, 7) is 10.9. The minimum atomic E-state index is -0.296. The molecule has 2 aliphatic rings. The first-order valence-corrected chi connectivity index (χ1v) is 8.51. The highest BCUT2D eigenvalue weighted by Gasteiger charge is 2.61. The van der Waals surface area contributed by atoms with Crippen molar-refractivity contribution in [3.05, 3.63) is 0 Å². The van der Waals surface area contributed by atoms with Gasteiger partial charge in [-0.05, 0) is 39.0 Å². The van der Waals surface area contributed by atoms with Crippen LogP contribution in [0.3, 0.4) is 0 Å². The molecule has 0 N–H and O–H groups in total. The van der Waals surface area contributed by atoms with Crippen molar-refractivity contribution < 1.29 is 9.53 Å². The van der Waals surface area contributed by atoms with E-state index in [1.165, 1.54) is 44.9 Å². The van der Waals surface area contributed by atoms with Crippen molar-refractivity contribution in [2.24, 2.45) is 16.7 Å². The zero-order valence-corrected chi connectivity index (χ0v) is 14.1. The van der Waals surface area contributed by atoms with E-state index in [1.54, 1.807) is 0 Å². The fraction of sp³-hybridized carbons (Fsp3) is 0.944. The highest BCUT2D eigenvalue weighted by molar-refractivity contribution is 5.72. The smallest absolute Gasteiger partial charge is 0.309 e. The Labute approximate surface area is 124 Å². The number of hydrogen-bond donors (Lipinski definition) is 0. The summed E-state index contributed by atoms with van der Waals surface area (Å²) in [7, 11) is 0. The third-order valence-electron chi connectivity index (χ3n) is 6.64. The van der Waals surface area contributed by atoms with Crippen molar-refractivity contribution in [1.82, 2.24) is 0 Å². The summed E-state index contributed by atoms with van der Waals surface area (Å²) in [5.41, 5.74) is 0.0197. The molecule has 0 radical (unpaired) electrons. The average Bonchev–Trinajstić information content (AvgIpc) is 2.85. The van der Waals surface area contributed by atoms with Gasteiger partial charge in [0.25, 0.3) is 0 Å². The second-order valence-electron chi connectivity index (χ2n) is 7.99. The summed E-state index contributed by atoms with van der Waals surface area (Å²) >= 11 is 0. The summed E-state index contributed by atoms with van der Waals surface area (Å²) in [4.78, 5) is 12.5. The molecule has 116 valence electrons. The van der Waals surface area contributed by atoms with E-state index < -0.39 is 0 Å². The number of hydrogen-bond acceptors (Lipinski definition) is 2. The second kappa shape index (κ2) is 5.35. The van der Waals surface area contributed by atoms with E-state index in [-0.39, 0.29) is 28.3 Å². The molecule has 2 aliphatic carbocycles. The molecule has 2 heteroatoms. The molecule has 2 nitrogen and oxygen atoms in total. The maximum atomic E-state index is 12.5. The van der Waals surface area contributed by atoms with Crippen LogP contribution in [0.1, 0.15) is 86.0 Å². The maximum Gasteiger partial charge on any atom is 0.309 e. The van der Waals surface area contributed by atoms with Gasteiger partial charge in [0, 0.05) is 10.8 Å². The largest absolute Gasteiger partial charge is 0.458 e. The van der Waals surface area contributed by atoms with Gasteiger partial charge in [0.1, 0.15) is 5.60 Å². The van der Waals surface area contributed by atoms with Crippen molar-refractivity contribution in [2.75, 3.05) is 0 Å². The van der Waals surface area contributed by atoms with Crippen LogP contribution in [0.2, 0.25) is 0 Å². The summed E-state index contributed by atoms with van der Waals surface area (Å²) in [6.07, 6.45) is 9.62. The number of carbonyl (C=O) groups is 1. The fourth-order valence-electron chi connectivity index (χ4n) is 4.56. The molecule has 2 rings (SSSR count). The molecule has 0 aromatic carbocycles. The lowest BCUT2D eigenvalue weighted by atomic mass is 9.52. The molecule has 0 aliphatic heterocycles. The van der Waals surface area contributed by atoms with Crippen LogP contribution in [0.15, 0.2) is 0 Å². The van der Waals surface area contributed by atoms with Crippen molar-refractivity contribution in [3.63, 3.8) is 0 Å². The molecule has 0 aromatic rings. The quantitative estimate of drug-likeness (QED) is 0.672. The fourth-order valence-corrected chi connectivity index (χ4v) is 4.56. The van der Waals surface area contributed by atoms with E-state index >= 15 is 0 Å². The summed E-state index contributed by atoms with van der Waals surface area (Å²) in [5.74, 6) is 0.0271. The zero-order chi connectivity index (χ0) is 15.0. The molecule has 2 fully saturated rings. The second-order valence-corrected chi connectivity index (χ2v) is 7.99. The standard InChI is InChI=1S/C18H32O2/c1-6-14(2)15(19)20-17(5)16(3,4)10-9-13-18(17)11-7-8-12-18/h14H,6-13H2,1-5H3. The van der Waals surface area contributed by atoms with E-state index in [2.05, 4.69) is 27.7 Å². The average molecular weight is 280 g/mol. The molecule has 2 unspecified atom stereocenters. The SMILES string of the molecule is CCC(C)C(=O)OC1(C)C(C)(C)CCCC12CCCC2. The lowest BCUT2D eigenvalue weighted by Gasteiger charge is -2.58. The highest BCUT2D eigenvalue weighted by Crippen LogP contribution is 2.62. The Morgan fingerprint density at radius 3 is 2.15 bits per heavy atom. The summed E-state index contributed by atoms with van der Waals surface area (Å²) < 4.78 is 6.25. The van der Waals surface area contributed by atoms with E-state index in [9.17, 15) is 4.79 Å². The van der Waals surface area contributed by atoms with Crippen molar-refractivity contribution >= 4 is 5.97 Å². The maximum absolute atomic E-state index is 12.5.